The van der Waals surface area contributed by atoms with Gasteiger partial charge in [-0.25, -0.2) is 14.4 Å². The van der Waals surface area contributed by atoms with Gasteiger partial charge in [-0.3, -0.25) is 0 Å². The molecule has 0 atom stereocenters. The molecule has 23 heavy (non-hydrogen) atoms. The Bertz CT molecular complexity index is 817. The molecule has 3 rings (SSSR count). The van der Waals surface area contributed by atoms with Gasteiger partial charge in [0.05, 0.1) is 5.52 Å². The van der Waals surface area contributed by atoms with E-state index in [-0.39, 0.29) is 5.82 Å². The molecule has 0 saturated heterocycles. The van der Waals surface area contributed by atoms with Crippen LogP contribution in [0.1, 0.15) is 5.56 Å². The summed E-state index contributed by atoms with van der Waals surface area (Å²) in [6.07, 6.45) is 2.35. The van der Waals surface area contributed by atoms with E-state index in [9.17, 15) is 4.39 Å². The van der Waals surface area contributed by atoms with Crippen LogP contribution in [-0.2, 0) is 6.42 Å². The van der Waals surface area contributed by atoms with Crippen molar-refractivity contribution in [3.8, 4) is 0 Å². The van der Waals surface area contributed by atoms with E-state index >= 15 is 0 Å². The molecular weight excluding hydrogens is 291 g/mol. The van der Waals surface area contributed by atoms with Crippen LogP contribution in [0.5, 0.6) is 0 Å². The molecule has 1 heterocycles. The zero-order valence-electron chi connectivity index (χ0n) is 13.3. The van der Waals surface area contributed by atoms with Gasteiger partial charge in [-0.15, -0.1) is 0 Å². The van der Waals surface area contributed by atoms with Gasteiger partial charge in [0.1, 0.15) is 18.0 Å². The van der Waals surface area contributed by atoms with Gasteiger partial charge in [-0.1, -0.05) is 18.2 Å². The van der Waals surface area contributed by atoms with E-state index in [1.807, 2.05) is 26.2 Å². The minimum absolute atomic E-state index is 0.284. The molecule has 0 bridgehead atoms. The lowest BCUT2D eigenvalue weighted by molar-refractivity contribution is 0.629. The van der Waals surface area contributed by atoms with Crippen LogP contribution in [0.2, 0.25) is 0 Å². The third-order valence-electron chi connectivity index (χ3n) is 3.76. The predicted octanol–water partition coefficient (Wildman–Crippen LogP) is 3.49. The second kappa shape index (κ2) is 6.60. The highest BCUT2D eigenvalue weighted by Gasteiger charge is 2.06. The lowest BCUT2D eigenvalue weighted by Crippen LogP contribution is -2.13. The Kier molecular flexibility index (Phi) is 4.37. The molecule has 0 aliphatic rings. The van der Waals surface area contributed by atoms with E-state index in [0.29, 0.717) is 17.7 Å². The van der Waals surface area contributed by atoms with E-state index < -0.39 is 0 Å². The number of halogens is 1. The highest BCUT2D eigenvalue weighted by molar-refractivity contribution is 5.88. The van der Waals surface area contributed by atoms with E-state index in [1.165, 1.54) is 29.7 Å². The van der Waals surface area contributed by atoms with Crippen LogP contribution >= 0.6 is 0 Å². The van der Waals surface area contributed by atoms with Gasteiger partial charge >= 0.3 is 0 Å². The highest BCUT2D eigenvalue weighted by atomic mass is 19.1. The molecule has 118 valence electrons. The topological polar surface area (TPSA) is 41.0 Å². The number of nitrogens with zero attached hydrogens (tertiary/aromatic N) is 3. The Morgan fingerprint density at radius 1 is 1.09 bits per heavy atom. The molecule has 0 spiro atoms. The maximum atomic E-state index is 13.5. The molecule has 2 aromatic carbocycles. The summed E-state index contributed by atoms with van der Waals surface area (Å²) in [4.78, 5) is 10.5. The van der Waals surface area contributed by atoms with Crippen molar-refractivity contribution in [1.82, 2.24) is 9.97 Å². The second-order valence-electron chi connectivity index (χ2n) is 5.58. The van der Waals surface area contributed by atoms with Gasteiger partial charge in [0.25, 0.3) is 0 Å². The van der Waals surface area contributed by atoms with Crippen molar-refractivity contribution in [3.63, 3.8) is 0 Å². The normalized spacial score (nSPS) is 10.7. The van der Waals surface area contributed by atoms with Gasteiger partial charge < -0.3 is 10.2 Å². The molecule has 1 aromatic heterocycles. The Labute approximate surface area is 135 Å². The van der Waals surface area contributed by atoms with E-state index in [2.05, 4.69) is 32.3 Å². The fourth-order valence-corrected chi connectivity index (χ4v) is 2.64. The van der Waals surface area contributed by atoms with Crippen LogP contribution in [0.15, 0.2) is 48.8 Å². The molecule has 3 aromatic rings. The molecular formula is C18H19FN4. The number of rotatable bonds is 5. The van der Waals surface area contributed by atoms with Gasteiger partial charge in [0, 0.05) is 31.7 Å². The summed E-state index contributed by atoms with van der Waals surface area (Å²) in [5.74, 6) is 0.380. The average Bonchev–Trinajstić information content (AvgIpc) is 2.55. The van der Waals surface area contributed by atoms with Crippen molar-refractivity contribution in [2.75, 3.05) is 30.9 Å². The van der Waals surface area contributed by atoms with Crippen molar-refractivity contribution < 1.29 is 4.39 Å². The first-order valence-corrected chi connectivity index (χ1v) is 7.54. The van der Waals surface area contributed by atoms with Crippen molar-refractivity contribution in [2.24, 2.45) is 0 Å². The summed E-state index contributed by atoms with van der Waals surface area (Å²) in [6, 6.07) is 12.8. The summed E-state index contributed by atoms with van der Waals surface area (Å²) in [5, 5.41) is 4.00. The number of aromatic nitrogens is 2. The van der Waals surface area contributed by atoms with Gasteiger partial charge in [-0.2, -0.15) is 0 Å². The van der Waals surface area contributed by atoms with Crippen LogP contribution in [0.3, 0.4) is 0 Å². The zero-order valence-corrected chi connectivity index (χ0v) is 13.3. The molecule has 0 unspecified atom stereocenters. The monoisotopic (exact) mass is 310 g/mol. The fraction of sp³-hybridized carbons (Fsp3) is 0.222. The number of anilines is 2. The lowest BCUT2D eigenvalue weighted by atomic mass is 10.1. The number of hydrogen-bond donors (Lipinski definition) is 1. The van der Waals surface area contributed by atoms with E-state index in [0.717, 1.165) is 11.9 Å². The average molecular weight is 310 g/mol. The summed E-state index contributed by atoms with van der Waals surface area (Å²) in [7, 11) is 4.07. The van der Waals surface area contributed by atoms with Crippen molar-refractivity contribution in [1.29, 1.82) is 0 Å². The number of nitrogens with one attached hydrogen (secondary N) is 1. The Morgan fingerprint density at radius 3 is 2.74 bits per heavy atom. The van der Waals surface area contributed by atoms with E-state index in [1.54, 1.807) is 6.07 Å². The smallest absolute Gasteiger partial charge is 0.137 e. The SMILES string of the molecule is CN(C)c1ccccc1CCNc1ncnc2ccc(F)cc12. The van der Waals surface area contributed by atoms with Gasteiger partial charge in [0.2, 0.25) is 0 Å². The Hall–Kier alpha value is -2.69. The van der Waals surface area contributed by atoms with Crippen molar-refractivity contribution in [3.05, 3.63) is 60.2 Å². The molecule has 5 heteroatoms. The van der Waals surface area contributed by atoms with E-state index in [4.69, 9.17) is 0 Å². The van der Waals surface area contributed by atoms with Crippen LogP contribution in [0.25, 0.3) is 10.9 Å². The summed E-state index contributed by atoms with van der Waals surface area (Å²) >= 11 is 0. The predicted molar refractivity (Wildman–Crippen MR) is 92.5 cm³/mol. The number of benzene rings is 2. The minimum atomic E-state index is -0.284. The molecule has 0 saturated carbocycles. The first kappa shape index (κ1) is 15.2. The summed E-state index contributed by atoms with van der Waals surface area (Å²) in [5.41, 5.74) is 3.19. The summed E-state index contributed by atoms with van der Waals surface area (Å²) < 4.78 is 13.5. The molecule has 0 aliphatic carbocycles. The Morgan fingerprint density at radius 2 is 1.91 bits per heavy atom. The van der Waals surface area contributed by atoms with Crippen LogP contribution in [0, 0.1) is 5.82 Å². The number of hydrogen-bond acceptors (Lipinski definition) is 4. The molecule has 4 nitrogen and oxygen atoms in total. The maximum absolute atomic E-state index is 13.5. The molecule has 1 N–H and O–H groups in total. The molecule has 0 aliphatic heterocycles. The Balaban J connectivity index is 1.76. The first-order valence-electron chi connectivity index (χ1n) is 7.54. The standard InChI is InChI=1S/C18H19FN4/c1-23(2)17-6-4-3-5-13(17)9-10-20-18-15-11-14(19)7-8-16(15)21-12-22-18/h3-8,11-12H,9-10H2,1-2H3,(H,20,21,22). The third kappa shape index (κ3) is 3.39. The summed E-state index contributed by atoms with van der Waals surface area (Å²) in [6.45, 7) is 0.716. The number of para-hydroxylation sites is 1. The molecule has 0 radical (unpaired) electrons. The maximum Gasteiger partial charge on any atom is 0.137 e. The van der Waals surface area contributed by atoms with Crippen molar-refractivity contribution >= 4 is 22.4 Å². The quantitative estimate of drug-likeness (QED) is 0.783. The molecule has 0 fully saturated rings. The fourth-order valence-electron chi connectivity index (χ4n) is 2.64. The van der Waals surface area contributed by atoms with Crippen LogP contribution in [0.4, 0.5) is 15.9 Å². The second-order valence-corrected chi connectivity index (χ2v) is 5.58. The first-order chi connectivity index (χ1) is 11.1. The van der Waals surface area contributed by atoms with Gasteiger partial charge in [0.15, 0.2) is 0 Å². The van der Waals surface area contributed by atoms with Crippen LogP contribution < -0.4 is 10.2 Å². The lowest BCUT2D eigenvalue weighted by Gasteiger charge is -2.17. The third-order valence-corrected chi connectivity index (χ3v) is 3.76. The zero-order chi connectivity index (χ0) is 16.2. The highest BCUT2D eigenvalue weighted by Crippen LogP contribution is 2.21. The van der Waals surface area contributed by atoms with Gasteiger partial charge in [-0.05, 0) is 36.2 Å². The van der Waals surface area contributed by atoms with Crippen LogP contribution in [-0.4, -0.2) is 30.6 Å². The molecule has 0 amide bonds. The minimum Gasteiger partial charge on any atom is -0.377 e. The largest absolute Gasteiger partial charge is 0.377 e. The van der Waals surface area contributed by atoms with Crippen molar-refractivity contribution in [2.45, 2.75) is 6.42 Å². The number of fused-ring (bicyclic) bond motifs is 1.